The number of nitrogens with zero attached hydrogens (tertiary/aromatic N) is 3. The minimum absolute atomic E-state index is 0.0499. The van der Waals surface area contributed by atoms with Crippen LogP contribution >= 0.6 is 0 Å². The number of non-ortho nitro benzene ring substituents is 1. The first-order chi connectivity index (χ1) is 9.77. The Morgan fingerprint density at radius 3 is 2.29 bits per heavy atom. The molecule has 0 amide bonds. The van der Waals surface area contributed by atoms with Gasteiger partial charge in [0.05, 0.1) is 34.1 Å². The first-order valence-electron chi connectivity index (χ1n) is 5.67. The van der Waals surface area contributed by atoms with Crippen LogP contribution in [0.5, 0.6) is 0 Å². The van der Waals surface area contributed by atoms with Crippen molar-refractivity contribution >= 4 is 23.4 Å². The molecule has 0 aliphatic rings. The van der Waals surface area contributed by atoms with Crippen LogP contribution in [-0.4, -0.2) is 41.9 Å². The van der Waals surface area contributed by atoms with Gasteiger partial charge in [-0.2, -0.15) is 0 Å². The average molecular weight is 295 g/mol. The standard InChI is InChI=1S/C12H13N3O6/c1-13(2)5-4-9-10(12(16)21-3)6-8(14(17)18)7-11(9)15(19)20/h4-7H,1-3H3. The summed E-state index contributed by atoms with van der Waals surface area (Å²) < 4.78 is 4.52. The molecule has 1 rings (SSSR count). The molecule has 1 aromatic carbocycles. The summed E-state index contributed by atoms with van der Waals surface area (Å²) >= 11 is 0. The van der Waals surface area contributed by atoms with Crippen molar-refractivity contribution in [2.24, 2.45) is 0 Å². The van der Waals surface area contributed by atoms with E-state index in [4.69, 9.17) is 0 Å². The molecule has 0 bridgehead atoms. The molecule has 0 N–H and O–H groups in total. The first-order valence-corrected chi connectivity index (χ1v) is 5.67. The number of esters is 1. The van der Waals surface area contributed by atoms with Crippen LogP contribution in [0.25, 0.3) is 6.08 Å². The summed E-state index contributed by atoms with van der Waals surface area (Å²) in [7, 11) is 4.46. The van der Waals surface area contributed by atoms with Crippen LogP contribution < -0.4 is 0 Å². The molecule has 0 heterocycles. The van der Waals surface area contributed by atoms with Crippen molar-refractivity contribution < 1.29 is 19.4 Å². The highest BCUT2D eigenvalue weighted by molar-refractivity contribution is 5.96. The third-order valence-electron chi connectivity index (χ3n) is 2.50. The van der Waals surface area contributed by atoms with Gasteiger partial charge in [-0.15, -0.1) is 0 Å². The molecule has 0 saturated carbocycles. The number of nitro groups is 2. The van der Waals surface area contributed by atoms with Gasteiger partial charge in [0, 0.05) is 20.2 Å². The second kappa shape index (κ2) is 6.46. The highest BCUT2D eigenvalue weighted by Crippen LogP contribution is 2.30. The van der Waals surface area contributed by atoms with Crippen molar-refractivity contribution in [1.82, 2.24) is 4.90 Å². The summed E-state index contributed by atoms with van der Waals surface area (Å²) in [6.45, 7) is 0. The molecular formula is C12H13N3O6. The van der Waals surface area contributed by atoms with Gasteiger partial charge in [0.15, 0.2) is 0 Å². The van der Waals surface area contributed by atoms with Crippen LogP contribution in [0, 0.1) is 20.2 Å². The Balaban J connectivity index is 3.66. The Morgan fingerprint density at radius 2 is 1.86 bits per heavy atom. The van der Waals surface area contributed by atoms with E-state index in [1.807, 2.05) is 0 Å². The van der Waals surface area contributed by atoms with Gasteiger partial charge in [0.25, 0.3) is 11.4 Å². The molecule has 0 atom stereocenters. The van der Waals surface area contributed by atoms with E-state index in [-0.39, 0.29) is 11.1 Å². The number of carbonyl (C=O) groups excluding carboxylic acids is 1. The Kier molecular flexibility index (Phi) is 4.95. The molecule has 9 heteroatoms. The lowest BCUT2D eigenvalue weighted by Gasteiger charge is -2.07. The Bertz CT molecular complexity index is 624. The van der Waals surface area contributed by atoms with E-state index in [0.29, 0.717) is 0 Å². The van der Waals surface area contributed by atoms with Gasteiger partial charge in [-0.05, 0) is 12.3 Å². The minimum Gasteiger partial charge on any atom is -0.465 e. The molecule has 0 unspecified atom stereocenters. The number of benzene rings is 1. The zero-order valence-electron chi connectivity index (χ0n) is 11.6. The highest BCUT2D eigenvalue weighted by atomic mass is 16.6. The third-order valence-corrected chi connectivity index (χ3v) is 2.50. The minimum atomic E-state index is -0.889. The molecule has 9 nitrogen and oxygen atoms in total. The monoisotopic (exact) mass is 295 g/mol. The van der Waals surface area contributed by atoms with Gasteiger partial charge in [-0.25, -0.2) is 4.79 Å². The summed E-state index contributed by atoms with van der Waals surface area (Å²) in [4.78, 5) is 33.6. The smallest absolute Gasteiger partial charge is 0.338 e. The number of hydrogen-bond donors (Lipinski definition) is 0. The fourth-order valence-electron chi connectivity index (χ4n) is 1.56. The summed E-state index contributed by atoms with van der Waals surface area (Å²) in [5.74, 6) is -0.889. The lowest BCUT2D eigenvalue weighted by atomic mass is 10.0. The molecular weight excluding hydrogens is 282 g/mol. The van der Waals surface area contributed by atoms with E-state index in [0.717, 1.165) is 19.2 Å². The molecule has 0 aromatic heterocycles. The maximum absolute atomic E-state index is 11.7. The van der Waals surface area contributed by atoms with Crippen molar-refractivity contribution in [3.63, 3.8) is 0 Å². The summed E-state index contributed by atoms with van der Waals surface area (Å²) in [6, 6.07) is 1.76. The fourth-order valence-corrected chi connectivity index (χ4v) is 1.56. The normalized spacial score (nSPS) is 10.4. The number of methoxy groups -OCH3 is 1. The van der Waals surface area contributed by atoms with Gasteiger partial charge in [-0.3, -0.25) is 20.2 Å². The molecule has 0 aliphatic carbocycles. The molecule has 0 spiro atoms. The maximum atomic E-state index is 11.7. The van der Waals surface area contributed by atoms with Crippen molar-refractivity contribution in [1.29, 1.82) is 0 Å². The predicted octanol–water partition coefficient (Wildman–Crippen LogP) is 1.82. The van der Waals surface area contributed by atoms with Crippen molar-refractivity contribution in [2.75, 3.05) is 21.2 Å². The van der Waals surface area contributed by atoms with Crippen LogP contribution in [0.4, 0.5) is 11.4 Å². The second-order valence-electron chi connectivity index (χ2n) is 4.21. The van der Waals surface area contributed by atoms with Crippen LogP contribution in [0.15, 0.2) is 18.3 Å². The predicted molar refractivity (Wildman–Crippen MR) is 73.8 cm³/mol. The van der Waals surface area contributed by atoms with Gasteiger partial charge >= 0.3 is 5.97 Å². The summed E-state index contributed by atoms with van der Waals surface area (Å²) in [5.41, 5.74) is -1.38. The van der Waals surface area contributed by atoms with Gasteiger partial charge in [-0.1, -0.05) is 0 Å². The van der Waals surface area contributed by atoms with E-state index < -0.39 is 27.2 Å². The number of rotatable bonds is 5. The van der Waals surface area contributed by atoms with E-state index in [1.54, 1.807) is 19.0 Å². The molecule has 112 valence electrons. The van der Waals surface area contributed by atoms with Gasteiger partial charge in [0.1, 0.15) is 0 Å². The Morgan fingerprint density at radius 1 is 1.24 bits per heavy atom. The van der Waals surface area contributed by atoms with E-state index in [1.165, 1.54) is 12.3 Å². The molecule has 21 heavy (non-hydrogen) atoms. The van der Waals surface area contributed by atoms with Gasteiger partial charge in [0.2, 0.25) is 0 Å². The SMILES string of the molecule is COC(=O)c1cc([N+](=O)[O-])cc([N+](=O)[O-])c1C=CN(C)C. The van der Waals surface area contributed by atoms with E-state index in [9.17, 15) is 25.0 Å². The van der Waals surface area contributed by atoms with Gasteiger partial charge < -0.3 is 9.64 Å². The highest BCUT2D eigenvalue weighted by Gasteiger charge is 2.26. The van der Waals surface area contributed by atoms with Crippen molar-refractivity contribution in [3.8, 4) is 0 Å². The summed E-state index contributed by atoms with van der Waals surface area (Å²) in [6.07, 6.45) is 2.81. The molecule has 0 aliphatic heterocycles. The topological polar surface area (TPSA) is 116 Å². The maximum Gasteiger partial charge on any atom is 0.338 e. The zero-order chi connectivity index (χ0) is 16.2. The quantitative estimate of drug-likeness (QED) is 0.462. The second-order valence-corrected chi connectivity index (χ2v) is 4.21. The summed E-state index contributed by atoms with van der Waals surface area (Å²) in [5, 5.41) is 21.9. The average Bonchev–Trinajstić information content (AvgIpc) is 2.42. The molecule has 0 fully saturated rings. The largest absolute Gasteiger partial charge is 0.465 e. The van der Waals surface area contributed by atoms with E-state index in [2.05, 4.69) is 4.74 Å². The number of carbonyl (C=O) groups is 1. The lowest BCUT2D eigenvalue weighted by Crippen LogP contribution is -2.08. The first kappa shape index (κ1) is 16.1. The van der Waals surface area contributed by atoms with Crippen LogP contribution in [-0.2, 0) is 4.74 Å². The van der Waals surface area contributed by atoms with Crippen LogP contribution in [0.3, 0.4) is 0 Å². The van der Waals surface area contributed by atoms with Crippen molar-refractivity contribution in [3.05, 3.63) is 49.7 Å². The van der Waals surface area contributed by atoms with Crippen molar-refractivity contribution in [2.45, 2.75) is 0 Å². The number of nitro benzene ring substituents is 2. The number of ether oxygens (including phenoxy) is 1. The van der Waals surface area contributed by atoms with E-state index >= 15 is 0 Å². The molecule has 1 aromatic rings. The Hall–Kier alpha value is -2.97. The van der Waals surface area contributed by atoms with Crippen LogP contribution in [0.2, 0.25) is 0 Å². The molecule has 0 radical (unpaired) electrons. The fraction of sp³-hybridized carbons (Fsp3) is 0.250. The number of hydrogen-bond acceptors (Lipinski definition) is 7. The third kappa shape index (κ3) is 3.75. The zero-order valence-corrected chi connectivity index (χ0v) is 11.6. The lowest BCUT2D eigenvalue weighted by molar-refractivity contribution is -0.394. The van der Waals surface area contributed by atoms with Crippen LogP contribution in [0.1, 0.15) is 15.9 Å². The molecule has 0 saturated heterocycles. The Labute approximate surface area is 119 Å².